The Morgan fingerprint density at radius 2 is 1.84 bits per heavy atom. The fourth-order valence-electron chi connectivity index (χ4n) is 2.40. The van der Waals surface area contributed by atoms with E-state index in [0.717, 1.165) is 11.3 Å². The standard InChI is InChI=1S/C20H23FN2O2/c1-20(2,3)18(22)12-17(14-5-4-6-15(21)11-14)23-16-9-7-13(8-10-16)19(24)25/h4-11,17,22-23H,12H2,1-3H3,(H,24,25). The highest BCUT2D eigenvalue weighted by molar-refractivity contribution is 5.88. The second-order valence-corrected chi connectivity index (χ2v) is 7.07. The van der Waals surface area contributed by atoms with E-state index in [2.05, 4.69) is 5.32 Å². The van der Waals surface area contributed by atoms with E-state index in [1.807, 2.05) is 26.8 Å². The highest BCUT2D eigenvalue weighted by atomic mass is 19.1. The van der Waals surface area contributed by atoms with Gasteiger partial charge in [0.05, 0.1) is 11.6 Å². The van der Waals surface area contributed by atoms with E-state index >= 15 is 0 Å². The zero-order valence-electron chi connectivity index (χ0n) is 14.6. The normalized spacial score (nSPS) is 12.5. The molecule has 4 nitrogen and oxygen atoms in total. The molecule has 0 aliphatic carbocycles. The van der Waals surface area contributed by atoms with Gasteiger partial charge in [-0.05, 0) is 47.4 Å². The van der Waals surface area contributed by atoms with Crippen LogP contribution in [-0.2, 0) is 0 Å². The second-order valence-electron chi connectivity index (χ2n) is 7.07. The Morgan fingerprint density at radius 1 is 1.20 bits per heavy atom. The summed E-state index contributed by atoms with van der Waals surface area (Å²) in [7, 11) is 0. The molecular weight excluding hydrogens is 319 g/mol. The third-order valence-corrected chi connectivity index (χ3v) is 4.04. The van der Waals surface area contributed by atoms with Crippen molar-refractivity contribution in [2.75, 3.05) is 5.32 Å². The van der Waals surface area contributed by atoms with Crippen LogP contribution in [0.5, 0.6) is 0 Å². The number of benzene rings is 2. The molecule has 2 aromatic rings. The van der Waals surface area contributed by atoms with Crippen LogP contribution in [0.2, 0.25) is 0 Å². The molecule has 0 aliphatic heterocycles. The summed E-state index contributed by atoms with van der Waals surface area (Å²) in [6.45, 7) is 5.92. The highest BCUT2D eigenvalue weighted by Gasteiger charge is 2.22. The Kier molecular flexibility index (Phi) is 5.57. The minimum Gasteiger partial charge on any atom is -0.478 e. The first-order valence-corrected chi connectivity index (χ1v) is 8.10. The topological polar surface area (TPSA) is 73.2 Å². The molecule has 0 radical (unpaired) electrons. The predicted octanol–water partition coefficient (Wildman–Crippen LogP) is 5.13. The molecule has 0 aromatic heterocycles. The van der Waals surface area contributed by atoms with Gasteiger partial charge < -0.3 is 15.8 Å². The summed E-state index contributed by atoms with van der Waals surface area (Å²) in [5.41, 5.74) is 1.95. The Morgan fingerprint density at radius 3 is 2.36 bits per heavy atom. The van der Waals surface area contributed by atoms with Crippen molar-refractivity contribution in [3.8, 4) is 0 Å². The highest BCUT2D eigenvalue weighted by Crippen LogP contribution is 2.28. The number of aromatic carboxylic acids is 1. The van der Waals surface area contributed by atoms with Crippen LogP contribution < -0.4 is 5.32 Å². The Balaban J connectivity index is 2.27. The molecule has 0 spiro atoms. The minimum absolute atomic E-state index is 0.204. The lowest BCUT2D eigenvalue weighted by Gasteiger charge is -2.26. The molecule has 0 saturated carbocycles. The molecule has 132 valence electrons. The summed E-state index contributed by atoms with van der Waals surface area (Å²) in [6, 6.07) is 12.4. The van der Waals surface area contributed by atoms with Gasteiger partial charge in [0.15, 0.2) is 0 Å². The lowest BCUT2D eigenvalue weighted by Crippen LogP contribution is -2.24. The molecule has 0 bridgehead atoms. The van der Waals surface area contributed by atoms with Gasteiger partial charge in [-0.1, -0.05) is 32.9 Å². The molecule has 0 aliphatic rings. The van der Waals surface area contributed by atoms with Crippen LogP contribution in [0, 0.1) is 16.6 Å². The zero-order valence-corrected chi connectivity index (χ0v) is 14.6. The number of carboxylic acids is 1. The number of carboxylic acid groups (broad SMARTS) is 1. The number of rotatable bonds is 6. The van der Waals surface area contributed by atoms with E-state index in [1.54, 1.807) is 18.2 Å². The molecule has 3 N–H and O–H groups in total. The molecule has 0 heterocycles. The van der Waals surface area contributed by atoms with Crippen LogP contribution >= 0.6 is 0 Å². The lowest BCUT2D eigenvalue weighted by molar-refractivity contribution is 0.0697. The SMILES string of the molecule is CC(C)(C)C(=N)CC(Nc1ccc(C(=O)O)cc1)c1cccc(F)c1. The van der Waals surface area contributed by atoms with E-state index < -0.39 is 5.97 Å². The number of hydrogen-bond donors (Lipinski definition) is 3. The summed E-state index contributed by atoms with van der Waals surface area (Å²) in [5.74, 6) is -1.31. The summed E-state index contributed by atoms with van der Waals surface area (Å²) in [5, 5.41) is 20.6. The van der Waals surface area contributed by atoms with Crippen molar-refractivity contribution in [1.29, 1.82) is 5.41 Å². The number of carbonyl (C=O) groups is 1. The minimum atomic E-state index is -0.984. The average molecular weight is 342 g/mol. The van der Waals surface area contributed by atoms with Gasteiger partial charge in [-0.15, -0.1) is 0 Å². The first kappa shape index (κ1) is 18.6. The van der Waals surface area contributed by atoms with Crippen LogP contribution in [0.3, 0.4) is 0 Å². The molecular formula is C20H23FN2O2. The smallest absolute Gasteiger partial charge is 0.335 e. The van der Waals surface area contributed by atoms with Crippen LogP contribution in [0.4, 0.5) is 10.1 Å². The van der Waals surface area contributed by atoms with Gasteiger partial charge in [0.25, 0.3) is 0 Å². The van der Waals surface area contributed by atoms with Crippen LogP contribution in [0.25, 0.3) is 0 Å². The molecule has 2 rings (SSSR count). The zero-order chi connectivity index (χ0) is 18.6. The number of nitrogens with one attached hydrogen (secondary N) is 2. The maximum Gasteiger partial charge on any atom is 0.335 e. The summed E-state index contributed by atoms with van der Waals surface area (Å²) in [4.78, 5) is 11.0. The largest absolute Gasteiger partial charge is 0.478 e. The van der Waals surface area contributed by atoms with E-state index in [0.29, 0.717) is 12.1 Å². The number of hydrogen-bond acceptors (Lipinski definition) is 3. The van der Waals surface area contributed by atoms with Gasteiger partial charge >= 0.3 is 5.97 Å². The maximum absolute atomic E-state index is 13.6. The van der Waals surface area contributed by atoms with Crippen LogP contribution in [0.1, 0.15) is 49.2 Å². The van der Waals surface area contributed by atoms with Crippen LogP contribution in [-0.4, -0.2) is 16.8 Å². The van der Waals surface area contributed by atoms with Crippen LogP contribution in [0.15, 0.2) is 48.5 Å². The maximum atomic E-state index is 13.6. The van der Waals surface area contributed by atoms with E-state index in [9.17, 15) is 9.18 Å². The number of anilines is 1. The van der Waals surface area contributed by atoms with E-state index in [1.165, 1.54) is 24.3 Å². The van der Waals surface area contributed by atoms with Crippen molar-refractivity contribution < 1.29 is 14.3 Å². The third kappa shape index (κ3) is 5.14. The Bertz CT molecular complexity index is 764. The Hall–Kier alpha value is -2.69. The van der Waals surface area contributed by atoms with Crippen molar-refractivity contribution >= 4 is 17.4 Å². The molecule has 0 fully saturated rings. The van der Waals surface area contributed by atoms with Gasteiger partial charge in [-0.25, -0.2) is 9.18 Å². The average Bonchev–Trinajstić information content (AvgIpc) is 2.53. The van der Waals surface area contributed by atoms with E-state index in [4.69, 9.17) is 10.5 Å². The third-order valence-electron chi connectivity index (χ3n) is 4.04. The van der Waals surface area contributed by atoms with Gasteiger partial charge in [-0.3, -0.25) is 0 Å². The predicted molar refractivity (Wildman–Crippen MR) is 98.0 cm³/mol. The summed E-state index contributed by atoms with van der Waals surface area (Å²) in [6.07, 6.45) is 0.424. The fraction of sp³-hybridized carbons (Fsp3) is 0.300. The van der Waals surface area contributed by atoms with Crippen molar-refractivity contribution in [1.82, 2.24) is 0 Å². The van der Waals surface area contributed by atoms with Crippen molar-refractivity contribution in [3.63, 3.8) is 0 Å². The monoisotopic (exact) mass is 342 g/mol. The summed E-state index contributed by atoms with van der Waals surface area (Å²) < 4.78 is 13.6. The molecule has 2 aromatic carbocycles. The molecule has 1 unspecified atom stereocenters. The molecule has 25 heavy (non-hydrogen) atoms. The van der Waals surface area contributed by atoms with Crippen molar-refractivity contribution in [3.05, 3.63) is 65.5 Å². The lowest BCUT2D eigenvalue weighted by atomic mass is 9.85. The van der Waals surface area contributed by atoms with E-state index in [-0.39, 0.29) is 22.8 Å². The van der Waals surface area contributed by atoms with Gasteiger partial charge in [0.2, 0.25) is 0 Å². The van der Waals surface area contributed by atoms with Gasteiger partial charge in [-0.2, -0.15) is 0 Å². The number of halogens is 1. The quantitative estimate of drug-likeness (QED) is 0.637. The molecule has 0 amide bonds. The Labute approximate surface area is 147 Å². The fourth-order valence-corrected chi connectivity index (χ4v) is 2.40. The first-order valence-electron chi connectivity index (χ1n) is 8.10. The molecule has 0 saturated heterocycles. The van der Waals surface area contributed by atoms with Gasteiger partial charge in [0, 0.05) is 17.8 Å². The van der Waals surface area contributed by atoms with Gasteiger partial charge in [0.1, 0.15) is 5.82 Å². The molecule has 1 atom stereocenters. The summed E-state index contributed by atoms with van der Waals surface area (Å²) >= 11 is 0. The second kappa shape index (κ2) is 7.47. The van der Waals surface area contributed by atoms with Crippen molar-refractivity contribution in [2.24, 2.45) is 5.41 Å². The van der Waals surface area contributed by atoms with Crippen molar-refractivity contribution in [2.45, 2.75) is 33.2 Å². The first-order chi connectivity index (χ1) is 11.7. The molecule has 5 heteroatoms.